The zero-order chi connectivity index (χ0) is 10.7. The van der Waals surface area contributed by atoms with Gasteiger partial charge < -0.3 is 10.1 Å². The molecule has 1 heterocycles. The van der Waals surface area contributed by atoms with Gasteiger partial charge in [-0.25, -0.2) is 0 Å². The highest BCUT2D eigenvalue weighted by Gasteiger charge is 2.31. The van der Waals surface area contributed by atoms with Crippen molar-refractivity contribution in [3.8, 4) is 0 Å². The normalized spacial score (nSPS) is 42.0. The molecule has 2 heteroatoms. The lowest BCUT2D eigenvalue weighted by atomic mass is 9.85. The molecule has 0 radical (unpaired) electrons. The summed E-state index contributed by atoms with van der Waals surface area (Å²) in [5.41, 5.74) is 0.122. The average molecular weight is 211 g/mol. The summed E-state index contributed by atoms with van der Waals surface area (Å²) in [5, 5.41) is 3.73. The van der Waals surface area contributed by atoms with Crippen molar-refractivity contribution in [1.82, 2.24) is 5.32 Å². The molecule has 2 rings (SSSR count). The molecule has 3 unspecified atom stereocenters. The van der Waals surface area contributed by atoms with Crippen LogP contribution in [-0.4, -0.2) is 24.8 Å². The van der Waals surface area contributed by atoms with E-state index in [9.17, 15) is 0 Å². The predicted molar refractivity (Wildman–Crippen MR) is 63.0 cm³/mol. The van der Waals surface area contributed by atoms with Crippen molar-refractivity contribution in [2.24, 2.45) is 5.92 Å². The first kappa shape index (κ1) is 11.4. The number of hydrogen-bond acceptors (Lipinski definition) is 2. The molecule has 2 nitrogen and oxygen atoms in total. The summed E-state index contributed by atoms with van der Waals surface area (Å²) >= 11 is 0. The monoisotopic (exact) mass is 211 g/mol. The van der Waals surface area contributed by atoms with Crippen LogP contribution in [0.15, 0.2) is 0 Å². The van der Waals surface area contributed by atoms with E-state index >= 15 is 0 Å². The molecular weight excluding hydrogens is 186 g/mol. The maximum absolute atomic E-state index is 5.80. The molecule has 1 aliphatic heterocycles. The van der Waals surface area contributed by atoms with Crippen LogP contribution in [0.3, 0.4) is 0 Å². The zero-order valence-electron chi connectivity index (χ0n) is 10.2. The molecule has 15 heavy (non-hydrogen) atoms. The van der Waals surface area contributed by atoms with Gasteiger partial charge in [-0.3, -0.25) is 0 Å². The lowest BCUT2D eigenvalue weighted by Crippen LogP contribution is -2.45. The van der Waals surface area contributed by atoms with Gasteiger partial charge in [0.2, 0.25) is 0 Å². The second-order valence-electron chi connectivity index (χ2n) is 5.65. The molecule has 3 atom stereocenters. The van der Waals surface area contributed by atoms with E-state index < -0.39 is 0 Å². The SMILES string of the molecule is CC1CCCCC1NCC1(C)CCCO1. The Morgan fingerprint density at radius 3 is 2.73 bits per heavy atom. The third kappa shape index (κ3) is 2.94. The van der Waals surface area contributed by atoms with Crippen LogP contribution in [0.5, 0.6) is 0 Å². The Hall–Kier alpha value is -0.0800. The van der Waals surface area contributed by atoms with Crippen LogP contribution in [-0.2, 0) is 4.74 Å². The van der Waals surface area contributed by atoms with E-state index in [0.717, 1.165) is 25.1 Å². The van der Waals surface area contributed by atoms with Crippen molar-refractivity contribution in [3.63, 3.8) is 0 Å². The predicted octanol–water partition coefficient (Wildman–Crippen LogP) is 2.72. The Morgan fingerprint density at radius 1 is 1.27 bits per heavy atom. The molecule has 0 spiro atoms. The number of ether oxygens (including phenoxy) is 1. The average Bonchev–Trinajstić information content (AvgIpc) is 2.65. The standard InChI is InChI=1S/C13H25NO/c1-11-6-3-4-7-12(11)14-10-13(2)8-5-9-15-13/h11-12,14H,3-10H2,1-2H3. The van der Waals surface area contributed by atoms with Gasteiger partial charge in [-0.1, -0.05) is 19.8 Å². The molecule has 88 valence electrons. The van der Waals surface area contributed by atoms with Crippen LogP contribution < -0.4 is 5.32 Å². The first-order valence-corrected chi connectivity index (χ1v) is 6.57. The van der Waals surface area contributed by atoms with Crippen LogP contribution in [0.4, 0.5) is 0 Å². The molecule has 2 aliphatic rings. The molecule has 0 aromatic heterocycles. The fourth-order valence-corrected chi connectivity index (χ4v) is 2.94. The minimum absolute atomic E-state index is 0.122. The smallest absolute Gasteiger partial charge is 0.0779 e. The van der Waals surface area contributed by atoms with Crippen molar-refractivity contribution in [3.05, 3.63) is 0 Å². The number of rotatable bonds is 3. The molecule has 0 aromatic carbocycles. The van der Waals surface area contributed by atoms with Gasteiger partial charge in [0.05, 0.1) is 5.60 Å². The molecule has 2 fully saturated rings. The van der Waals surface area contributed by atoms with Gasteiger partial charge in [-0.2, -0.15) is 0 Å². The Morgan fingerprint density at radius 2 is 2.07 bits per heavy atom. The number of hydrogen-bond donors (Lipinski definition) is 1. The minimum atomic E-state index is 0.122. The molecule has 0 amide bonds. The maximum atomic E-state index is 5.80. The highest BCUT2D eigenvalue weighted by Crippen LogP contribution is 2.27. The van der Waals surface area contributed by atoms with Crippen LogP contribution in [0.2, 0.25) is 0 Å². The summed E-state index contributed by atoms with van der Waals surface area (Å²) in [6, 6.07) is 0.736. The van der Waals surface area contributed by atoms with Crippen LogP contribution in [0.1, 0.15) is 52.4 Å². The van der Waals surface area contributed by atoms with Gasteiger partial charge in [0, 0.05) is 19.2 Å². The lowest BCUT2D eigenvalue weighted by Gasteiger charge is -2.33. The third-order valence-electron chi connectivity index (χ3n) is 4.15. The van der Waals surface area contributed by atoms with Crippen LogP contribution in [0.25, 0.3) is 0 Å². The Labute approximate surface area is 93.8 Å². The van der Waals surface area contributed by atoms with Gasteiger partial charge in [-0.05, 0) is 38.5 Å². The minimum Gasteiger partial charge on any atom is -0.374 e. The van der Waals surface area contributed by atoms with Crippen molar-refractivity contribution in [2.75, 3.05) is 13.2 Å². The summed E-state index contributed by atoms with van der Waals surface area (Å²) < 4.78 is 5.80. The van der Waals surface area contributed by atoms with Crippen molar-refractivity contribution in [1.29, 1.82) is 0 Å². The zero-order valence-corrected chi connectivity index (χ0v) is 10.2. The first-order chi connectivity index (χ1) is 7.20. The van der Waals surface area contributed by atoms with E-state index in [-0.39, 0.29) is 5.60 Å². The molecular formula is C13H25NO. The van der Waals surface area contributed by atoms with Crippen molar-refractivity contribution < 1.29 is 4.74 Å². The Balaban J connectivity index is 1.76. The van der Waals surface area contributed by atoms with Crippen molar-refractivity contribution >= 4 is 0 Å². The quantitative estimate of drug-likeness (QED) is 0.775. The number of nitrogens with one attached hydrogen (secondary N) is 1. The molecule has 1 N–H and O–H groups in total. The molecule has 0 aromatic rings. The molecule has 1 saturated carbocycles. The van der Waals surface area contributed by atoms with Gasteiger partial charge in [-0.15, -0.1) is 0 Å². The Bertz CT molecular complexity index is 199. The summed E-state index contributed by atoms with van der Waals surface area (Å²) in [6.45, 7) is 6.63. The van der Waals surface area contributed by atoms with E-state index in [1.165, 1.54) is 38.5 Å². The van der Waals surface area contributed by atoms with Crippen molar-refractivity contribution in [2.45, 2.75) is 64.0 Å². The topological polar surface area (TPSA) is 21.3 Å². The van der Waals surface area contributed by atoms with E-state index in [1.807, 2.05) is 0 Å². The van der Waals surface area contributed by atoms with E-state index in [1.54, 1.807) is 0 Å². The maximum Gasteiger partial charge on any atom is 0.0779 e. The molecule has 1 saturated heterocycles. The lowest BCUT2D eigenvalue weighted by molar-refractivity contribution is 0.0161. The first-order valence-electron chi connectivity index (χ1n) is 6.57. The van der Waals surface area contributed by atoms with Crippen LogP contribution in [0, 0.1) is 5.92 Å². The fourth-order valence-electron chi connectivity index (χ4n) is 2.94. The van der Waals surface area contributed by atoms with E-state index in [4.69, 9.17) is 4.74 Å². The second-order valence-corrected chi connectivity index (χ2v) is 5.65. The van der Waals surface area contributed by atoms with Crippen LogP contribution >= 0.6 is 0 Å². The van der Waals surface area contributed by atoms with Gasteiger partial charge in [0.1, 0.15) is 0 Å². The molecule has 0 bridgehead atoms. The van der Waals surface area contributed by atoms with E-state index in [0.29, 0.717) is 0 Å². The third-order valence-corrected chi connectivity index (χ3v) is 4.15. The summed E-state index contributed by atoms with van der Waals surface area (Å²) in [4.78, 5) is 0. The molecule has 1 aliphatic carbocycles. The van der Waals surface area contributed by atoms with E-state index in [2.05, 4.69) is 19.2 Å². The summed E-state index contributed by atoms with van der Waals surface area (Å²) in [7, 11) is 0. The highest BCUT2D eigenvalue weighted by atomic mass is 16.5. The van der Waals surface area contributed by atoms with Gasteiger partial charge in [0.25, 0.3) is 0 Å². The van der Waals surface area contributed by atoms with Gasteiger partial charge in [0.15, 0.2) is 0 Å². The van der Waals surface area contributed by atoms with Gasteiger partial charge >= 0.3 is 0 Å². The fraction of sp³-hybridized carbons (Fsp3) is 1.00. The summed E-state index contributed by atoms with van der Waals surface area (Å²) in [5.74, 6) is 0.851. The summed E-state index contributed by atoms with van der Waals surface area (Å²) in [6.07, 6.45) is 8.04. The highest BCUT2D eigenvalue weighted by molar-refractivity contribution is 4.86. The Kier molecular flexibility index (Phi) is 3.68. The largest absolute Gasteiger partial charge is 0.374 e. The second kappa shape index (κ2) is 4.84.